The SMILES string of the molecule is Cc1c(N)c(N)c2nc3ccccc3nc2c1C.[Cl-]. The van der Waals surface area contributed by atoms with Crippen molar-refractivity contribution in [2.45, 2.75) is 13.8 Å². The fraction of sp³-hybridized carbons (Fsp3) is 0.143. The number of para-hydroxylation sites is 2. The van der Waals surface area contributed by atoms with Crippen LogP contribution in [0.5, 0.6) is 0 Å². The average molecular weight is 274 g/mol. The Kier molecular flexibility index (Phi) is 3.20. The lowest BCUT2D eigenvalue weighted by Crippen LogP contribution is -3.00. The highest BCUT2D eigenvalue weighted by Gasteiger charge is 2.13. The summed E-state index contributed by atoms with van der Waals surface area (Å²) in [5.41, 5.74) is 18.4. The van der Waals surface area contributed by atoms with E-state index in [1.54, 1.807) is 0 Å². The maximum absolute atomic E-state index is 6.05. The van der Waals surface area contributed by atoms with Crippen molar-refractivity contribution < 1.29 is 12.4 Å². The average Bonchev–Trinajstić information content (AvgIpc) is 2.41. The van der Waals surface area contributed by atoms with Crippen LogP contribution < -0.4 is 23.9 Å². The van der Waals surface area contributed by atoms with Gasteiger partial charge in [-0.05, 0) is 37.1 Å². The number of nitrogen functional groups attached to an aromatic ring is 2. The van der Waals surface area contributed by atoms with E-state index >= 15 is 0 Å². The summed E-state index contributed by atoms with van der Waals surface area (Å²) in [6.45, 7) is 3.95. The number of halogens is 1. The molecule has 0 unspecified atom stereocenters. The molecule has 0 aliphatic heterocycles. The van der Waals surface area contributed by atoms with Crippen molar-refractivity contribution in [3.63, 3.8) is 0 Å². The quantitative estimate of drug-likeness (QED) is 0.430. The molecule has 19 heavy (non-hydrogen) atoms. The number of hydrogen-bond donors (Lipinski definition) is 2. The Morgan fingerprint density at radius 3 is 1.89 bits per heavy atom. The van der Waals surface area contributed by atoms with Gasteiger partial charge in [0.25, 0.3) is 0 Å². The van der Waals surface area contributed by atoms with Crippen LogP contribution in [0, 0.1) is 13.8 Å². The predicted molar refractivity (Wildman–Crippen MR) is 75.3 cm³/mol. The van der Waals surface area contributed by atoms with Gasteiger partial charge in [0.2, 0.25) is 0 Å². The van der Waals surface area contributed by atoms with Crippen molar-refractivity contribution in [3.8, 4) is 0 Å². The van der Waals surface area contributed by atoms with Crippen LogP contribution in [0.25, 0.3) is 22.1 Å². The first-order valence-corrected chi connectivity index (χ1v) is 5.80. The molecule has 0 saturated carbocycles. The maximum atomic E-state index is 6.05. The molecule has 0 saturated heterocycles. The number of anilines is 2. The van der Waals surface area contributed by atoms with E-state index in [0.29, 0.717) is 16.9 Å². The van der Waals surface area contributed by atoms with Crippen LogP contribution in [-0.4, -0.2) is 9.97 Å². The van der Waals surface area contributed by atoms with E-state index in [1.165, 1.54) is 0 Å². The molecule has 0 fully saturated rings. The van der Waals surface area contributed by atoms with Crippen molar-refractivity contribution in [2.24, 2.45) is 0 Å². The second kappa shape index (κ2) is 4.55. The summed E-state index contributed by atoms with van der Waals surface area (Å²) in [5.74, 6) is 0. The smallest absolute Gasteiger partial charge is 0.115 e. The summed E-state index contributed by atoms with van der Waals surface area (Å²) in [7, 11) is 0. The van der Waals surface area contributed by atoms with E-state index in [2.05, 4.69) is 9.97 Å². The molecule has 98 valence electrons. The van der Waals surface area contributed by atoms with Gasteiger partial charge in [-0.1, -0.05) is 12.1 Å². The Morgan fingerprint density at radius 1 is 0.789 bits per heavy atom. The fourth-order valence-electron chi connectivity index (χ4n) is 2.16. The Labute approximate surface area is 117 Å². The molecule has 0 bridgehead atoms. The second-order valence-electron chi connectivity index (χ2n) is 4.49. The number of nitrogens with zero attached hydrogens (tertiary/aromatic N) is 2. The molecule has 0 aliphatic rings. The minimum atomic E-state index is 0. The molecule has 4 N–H and O–H groups in total. The van der Waals surface area contributed by atoms with E-state index in [1.807, 2.05) is 38.1 Å². The van der Waals surface area contributed by atoms with Crippen LogP contribution in [-0.2, 0) is 0 Å². The minimum absolute atomic E-state index is 0. The lowest BCUT2D eigenvalue weighted by molar-refractivity contribution is -0.00000384. The number of nitrogens with two attached hydrogens (primary N) is 2. The molecule has 1 heterocycles. The van der Waals surface area contributed by atoms with Crippen LogP contribution in [0.2, 0.25) is 0 Å². The third-order valence-corrected chi connectivity index (χ3v) is 3.44. The zero-order valence-corrected chi connectivity index (χ0v) is 11.5. The number of aryl methyl sites for hydroxylation is 1. The van der Waals surface area contributed by atoms with Gasteiger partial charge < -0.3 is 23.9 Å². The topological polar surface area (TPSA) is 77.8 Å². The van der Waals surface area contributed by atoms with Crippen molar-refractivity contribution in [1.82, 2.24) is 9.97 Å². The summed E-state index contributed by atoms with van der Waals surface area (Å²) in [4.78, 5) is 9.21. The van der Waals surface area contributed by atoms with Gasteiger partial charge in [0.05, 0.1) is 27.9 Å². The van der Waals surface area contributed by atoms with Gasteiger partial charge in [-0.3, -0.25) is 0 Å². The highest BCUT2D eigenvalue weighted by Crippen LogP contribution is 2.32. The van der Waals surface area contributed by atoms with E-state index < -0.39 is 0 Å². The normalized spacial score (nSPS) is 10.6. The van der Waals surface area contributed by atoms with Gasteiger partial charge in [0.15, 0.2) is 0 Å². The molecule has 3 rings (SSSR count). The molecule has 3 aromatic rings. The molecule has 5 heteroatoms. The monoisotopic (exact) mass is 273 g/mol. The molecule has 0 spiro atoms. The largest absolute Gasteiger partial charge is 1.00 e. The number of benzene rings is 2. The number of fused-ring (bicyclic) bond motifs is 2. The lowest BCUT2D eigenvalue weighted by Gasteiger charge is -2.12. The third kappa shape index (κ3) is 1.85. The lowest BCUT2D eigenvalue weighted by atomic mass is 10.0. The standard InChI is InChI=1S/C14H14N4.ClH/c1-7-8(2)13-14(12(16)11(7)15)18-10-6-4-3-5-9(10)17-13;/h3-6H,15-16H2,1-2H3;1H/p-1. The number of hydrogen-bond acceptors (Lipinski definition) is 4. The molecule has 1 aromatic heterocycles. The fourth-order valence-corrected chi connectivity index (χ4v) is 2.16. The summed E-state index contributed by atoms with van der Waals surface area (Å²) in [6.07, 6.45) is 0. The Bertz CT molecular complexity index is 717. The van der Waals surface area contributed by atoms with Gasteiger partial charge >= 0.3 is 0 Å². The molecule has 0 amide bonds. The Morgan fingerprint density at radius 2 is 1.32 bits per heavy atom. The van der Waals surface area contributed by atoms with Crippen molar-refractivity contribution in [3.05, 3.63) is 35.4 Å². The number of aromatic nitrogens is 2. The van der Waals surface area contributed by atoms with Crippen LogP contribution in [0.4, 0.5) is 11.4 Å². The molecule has 0 radical (unpaired) electrons. The first kappa shape index (κ1) is 13.4. The van der Waals surface area contributed by atoms with Gasteiger partial charge in [-0.2, -0.15) is 0 Å². The molecule has 2 aromatic carbocycles. The zero-order valence-electron chi connectivity index (χ0n) is 10.7. The first-order chi connectivity index (χ1) is 8.59. The predicted octanol–water partition coefficient (Wildman–Crippen LogP) is -0.432. The third-order valence-electron chi connectivity index (χ3n) is 3.44. The van der Waals surface area contributed by atoms with Crippen molar-refractivity contribution >= 4 is 33.4 Å². The Hall–Kier alpha value is -2.07. The van der Waals surface area contributed by atoms with E-state index in [-0.39, 0.29) is 12.4 Å². The Balaban J connectivity index is 0.00000133. The van der Waals surface area contributed by atoms with Crippen LogP contribution in [0.3, 0.4) is 0 Å². The van der Waals surface area contributed by atoms with Crippen LogP contribution >= 0.6 is 0 Å². The van der Waals surface area contributed by atoms with E-state index in [0.717, 1.165) is 27.7 Å². The summed E-state index contributed by atoms with van der Waals surface area (Å²) in [5, 5.41) is 0. The van der Waals surface area contributed by atoms with Crippen LogP contribution in [0.15, 0.2) is 24.3 Å². The summed E-state index contributed by atoms with van der Waals surface area (Å²) < 4.78 is 0. The van der Waals surface area contributed by atoms with Gasteiger partial charge in [-0.15, -0.1) is 0 Å². The van der Waals surface area contributed by atoms with Crippen LogP contribution in [0.1, 0.15) is 11.1 Å². The highest BCUT2D eigenvalue weighted by atomic mass is 35.5. The van der Waals surface area contributed by atoms with E-state index in [4.69, 9.17) is 11.5 Å². The highest BCUT2D eigenvalue weighted by molar-refractivity contribution is 6.00. The van der Waals surface area contributed by atoms with Gasteiger partial charge in [0.1, 0.15) is 5.52 Å². The molecular formula is C14H14ClN4-. The van der Waals surface area contributed by atoms with Gasteiger partial charge in [-0.25, -0.2) is 9.97 Å². The second-order valence-corrected chi connectivity index (χ2v) is 4.49. The maximum Gasteiger partial charge on any atom is 0.115 e. The minimum Gasteiger partial charge on any atom is -1.00 e. The van der Waals surface area contributed by atoms with E-state index in [9.17, 15) is 0 Å². The molecule has 4 nitrogen and oxygen atoms in total. The summed E-state index contributed by atoms with van der Waals surface area (Å²) >= 11 is 0. The zero-order chi connectivity index (χ0) is 12.9. The van der Waals surface area contributed by atoms with Crippen molar-refractivity contribution in [2.75, 3.05) is 11.5 Å². The number of rotatable bonds is 0. The molecule has 0 aliphatic carbocycles. The first-order valence-electron chi connectivity index (χ1n) is 5.80. The van der Waals surface area contributed by atoms with Crippen molar-refractivity contribution in [1.29, 1.82) is 0 Å². The summed E-state index contributed by atoms with van der Waals surface area (Å²) in [6, 6.07) is 7.75. The molecular weight excluding hydrogens is 260 g/mol. The molecule has 0 atom stereocenters. The van der Waals surface area contributed by atoms with Gasteiger partial charge in [0, 0.05) is 0 Å².